The maximum Gasteiger partial charge on any atom is 0.125 e. The van der Waals surface area contributed by atoms with Crippen LogP contribution in [0.5, 0.6) is 0 Å². The molecule has 100 valence electrons. The summed E-state index contributed by atoms with van der Waals surface area (Å²) in [5.41, 5.74) is 1.89. The van der Waals surface area contributed by atoms with Crippen LogP contribution in [0.1, 0.15) is 37.5 Å². The molecular weight excluding hydrogens is 241 g/mol. The van der Waals surface area contributed by atoms with E-state index < -0.39 is 0 Å². The van der Waals surface area contributed by atoms with Gasteiger partial charge in [0.15, 0.2) is 0 Å². The Kier molecular flexibility index (Phi) is 2.58. The van der Waals surface area contributed by atoms with Gasteiger partial charge in [-0.3, -0.25) is 0 Å². The summed E-state index contributed by atoms with van der Waals surface area (Å²) >= 11 is 0. The van der Waals surface area contributed by atoms with Crippen LogP contribution in [0.3, 0.4) is 0 Å². The normalized spacial score (nSPS) is 19.2. The summed E-state index contributed by atoms with van der Waals surface area (Å²) in [5.74, 6) is 0.938. The summed E-state index contributed by atoms with van der Waals surface area (Å²) < 4.78 is 15.7. The number of nitrogens with one attached hydrogen (secondary N) is 1. The summed E-state index contributed by atoms with van der Waals surface area (Å²) in [6.07, 6.45) is 5.95. The van der Waals surface area contributed by atoms with Crippen LogP contribution in [0.25, 0.3) is 11.0 Å². The van der Waals surface area contributed by atoms with Gasteiger partial charge >= 0.3 is 0 Å². The second-order valence-corrected chi connectivity index (χ2v) is 5.74. The van der Waals surface area contributed by atoms with Gasteiger partial charge in [0.25, 0.3) is 0 Å². The van der Waals surface area contributed by atoms with Crippen molar-refractivity contribution in [2.75, 3.05) is 6.54 Å². The molecule has 2 aliphatic carbocycles. The van der Waals surface area contributed by atoms with E-state index in [4.69, 9.17) is 0 Å². The van der Waals surface area contributed by atoms with E-state index in [0.717, 1.165) is 35.9 Å². The molecular formula is C15H18FN3. The average molecular weight is 259 g/mol. The van der Waals surface area contributed by atoms with Crippen LogP contribution >= 0.6 is 0 Å². The molecule has 1 aromatic carbocycles. The Bertz CT molecular complexity index is 611. The third kappa shape index (κ3) is 2.25. The van der Waals surface area contributed by atoms with Gasteiger partial charge in [-0.05, 0) is 43.9 Å². The first-order valence-corrected chi connectivity index (χ1v) is 7.21. The van der Waals surface area contributed by atoms with E-state index in [1.165, 1.54) is 31.7 Å². The van der Waals surface area contributed by atoms with Crippen molar-refractivity contribution in [2.45, 2.75) is 44.2 Å². The highest BCUT2D eigenvalue weighted by Gasteiger charge is 2.28. The van der Waals surface area contributed by atoms with E-state index in [-0.39, 0.29) is 5.82 Å². The number of imidazole rings is 1. The maximum absolute atomic E-state index is 13.4. The maximum atomic E-state index is 13.4. The second kappa shape index (κ2) is 4.30. The molecule has 0 amide bonds. The fraction of sp³-hybridized carbons (Fsp3) is 0.533. The van der Waals surface area contributed by atoms with Crippen molar-refractivity contribution >= 4 is 11.0 Å². The van der Waals surface area contributed by atoms with E-state index >= 15 is 0 Å². The van der Waals surface area contributed by atoms with Crippen LogP contribution in [-0.2, 0) is 6.42 Å². The minimum atomic E-state index is -0.169. The third-order valence-corrected chi connectivity index (χ3v) is 4.00. The van der Waals surface area contributed by atoms with Gasteiger partial charge in [-0.25, -0.2) is 9.37 Å². The molecule has 0 aliphatic heterocycles. The predicted molar refractivity (Wildman–Crippen MR) is 72.7 cm³/mol. The first kappa shape index (κ1) is 11.4. The molecule has 3 nitrogen and oxygen atoms in total. The highest BCUT2D eigenvalue weighted by Crippen LogP contribution is 2.38. The van der Waals surface area contributed by atoms with Gasteiger partial charge in [0.05, 0.1) is 11.0 Å². The molecule has 1 aromatic heterocycles. The number of halogens is 1. The Morgan fingerprint density at radius 1 is 1.26 bits per heavy atom. The summed E-state index contributed by atoms with van der Waals surface area (Å²) in [6.45, 7) is 0.975. The summed E-state index contributed by atoms with van der Waals surface area (Å²) in [4.78, 5) is 4.69. The number of nitrogens with zero attached hydrogens (tertiary/aromatic N) is 2. The molecule has 0 spiro atoms. The molecule has 0 unspecified atom stereocenters. The lowest BCUT2D eigenvalue weighted by molar-refractivity contribution is 0.622. The standard InChI is InChI=1S/C15H18FN3/c16-10-1-6-13-14(9-10)19(12-4-5-12)15(18-13)7-8-17-11-2-3-11/h1,6,9,11-12,17H,2-5,7-8H2. The molecule has 0 bridgehead atoms. The van der Waals surface area contributed by atoms with Crippen LogP contribution in [0, 0.1) is 5.82 Å². The topological polar surface area (TPSA) is 29.9 Å². The van der Waals surface area contributed by atoms with Gasteiger partial charge in [-0.15, -0.1) is 0 Å². The predicted octanol–water partition coefficient (Wildman–Crippen LogP) is 2.80. The van der Waals surface area contributed by atoms with Crippen molar-refractivity contribution in [3.63, 3.8) is 0 Å². The SMILES string of the molecule is Fc1ccc2nc(CCNC3CC3)n(C3CC3)c2c1. The number of rotatable bonds is 5. The molecule has 1 N–H and O–H groups in total. The number of hydrogen-bond acceptors (Lipinski definition) is 2. The molecule has 4 rings (SSSR count). The first-order chi connectivity index (χ1) is 9.31. The number of aromatic nitrogens is 2. The molecule has 2 aliphatic rings. The van der Waals surface area contributed by atoms with Gasteiger partial charge in [-0.2, -0.15) is 0 Å². The molecule has 2 saturated carbocycles. The smallest absolute Gasteiger partial charge is 0.125 e. The average Bonchev–Trinajstić information content (AvgIpc) is 3.28. The third-order valence-electron chi connectivity index (χ3n) is 4.00. The molecule has 4 heteroatoms. The van der Waals surface area contributed by atoms with Gasteiger partial charge in [0.1, 0.15) is 11.6 Å². The van der Waals surface area contributed by atoms with Crippen molar-refractivity contribution in [2.24, 2.45) is 0 Å². The second-order valence-electron chi connectivity index (χ2n) is 5.74. The molecule has 0 saturated heterocycles. The van der Waals surface area contributed by atoms with E-state index in [9.17, 15) is 4.39 Å². The zero-order valence-corrected chi connectivity index (χ0v) is 10.9. The van der Waals surface area contributed by atoms with Crippen molar-refractivity contribution in [1.29, 1.82) is 0 Å². The summed E-state index contributed by atoms with van der Waals surface area (Å²) in [5, 5.41) is 3.52. The van der Waals surface area contributed by atoms with E-state index in [2.05, 4.69) is 14.9 Å². The number of fused-ring (bicyclic) bond motifs is 1. The zero-order valence-electron chi connectivity index (χ0n) is 10.9. The highest BCUT2D eigenvalue weighted by atomic mass is 19.1. The lowest BCUT2D eigenvalue weighted by Crippen LogP contribution is -2.20. The van der Waals surface area contributed by atoms with Gasteiger partial charge in [0.2, 0.25) is 0 Å². The molecule has 2 fully saturated rings. The molecule has 0 radical (unpaired) electrons. The zero-order chi connectivity index (χ0) is 12.8. The van der Waals surface area contributed by atoms with Crippen molar-refractivity contribution in [3.05, 3.63) is 29.8 Å². The van der Waals surface area contributed by atoms with Gasteiger partial charge in [-0.1, -0.05) is 0 Å². The van der Waals surface area contributed by atoms with Crippen molar-refractivity contribution in [1.82, 2.24) is 14.9 Å². The Labute approximate surface area is 111 Å². The first-order valence-electron chi connectivity index (χ1n) is 7.21. The molecule has 19 heavy (non-hydrogen) atoms. The van der Waals surface area contributed by atoms with E-state index in [0.29, 0.717) is 6.04 Å². The van der Waals surface area contributed by atoms with Gasteiger partial charge < -0.3 is 9.88 Å². The Balaban J connectivity index is 1.65. The minimum absolute atomic E-state index is 0.169. The summed E-state index contributed by atoms with van der Waals surface area (Å²) in [6, 6.07) is 6.19. The highest BCUT2D eigenvalue weighted by molar-refractivity contribution is 5.76. The monoisotopic (exact) mass is 259 g/mol. The Morgan fingerprint density at radius 2 is 2.11 bits per heavy atom. The fourth-order valence-corrected chi connectivity index (χ4v) is 2.71. The Morgan fingerprint density at radius 3 is 2.84 bits per heavy atom. The quantitative estimate of drug-likeness (QED) is 0.894. The summed E-state index contributed by atoms with van der Waals surface area (Å²) in [7, 11) is 0. The van der Waals surface area contributed by atoms with Crippen LogP contribution < -0.4 is 5.32 Å². The number of hydrogen-bond donors (Lipinski definition) is 1. The van der Waals surface area contributed by atoms with Crippen LogP contribution in [0.4, 0.5) is 4.39 Å². The van der Waals surface area contributed by atoms with Gasteiger partial charge in [0, 0.05) is 25.0 Å². The van der Waals surface area contributed by atoms with E-state index in [1.807, 2.05) is 0 Å². The largest absolute Gasteiger partial charge is 0.325 e. The number of benzene rings is 1. The molecule has 0 atom stereocenters. The van der Waals surface area contributed by atoms with Crippen molar-refractivity contribution < 1.29 is 4.39 Å². The van der Waals surface area contributed by atoms with Crippen LogP contribution in [-0.4, -0.2) is 22.1 Å². The lowest BCUT2D eigenvalue weighted by atomic mass is 10.3. The van der Waals surface area contributed by atoms with Crippen LogP contribution in [0.2, 0.25) is 0 Å². The fourth-order valence-electron chi connectivity index (χ4n) is 2.71. The van der Waals surface area contributed by atoms with E-state index in [1.54, 1.807) is 12.1 Å². The molecule has 2 aromatic rings. The van der Waals surface area contributed by atoms with Crippen molar-refractivity contribution in [3.8, 4) is 0 Å². The minimum Gasteiger partial charge on any atom is -0.325 e. The Hall–Kier alpha value is -1.42. The van der Waals surface area contributed by atoms with Crippen LogP contribution in [0.15, 0.2) is 18.2 Å². The lowest BCUT2D eigenvalue weighted by Gasteiger charge is -2.08. The molecule has 1 heterocycles.